The fourth-order valence-corrected chi connectivity index (χ4v) is 3.93. The summed E-state index contributed by atoms with van der Waals surface area (Å²) in [5, 5.41) is 12.5. The second-order valence-electron chi connectivity index (χ2n) is 7.22. The predicted molar refractivity (Wildman–Crippen MR) is 124 cm³/mol. The van der Waals surface area contributed by atoms with E-state index >= 15 is 0 Å². The van der Waals surface area contributed by atoms with E-state index in [0.717, 1.165) is 38.4 Å². The molecule has 0 radical (unpaired) electrons. The molecule has 2 aromatic heterocycles. The fraction of sp³-hybridized carbons (Fsp3) is 0.182. The third kappa shape index (κ3) is 4.40. The molecule has 0 aliphatic rings. The summed E-state index contributed by atoms with van der Waals surface area (Å²) in [5.41, 5.74) is 5.82. The maximum Gasteiger partial charge on any atom is 0.228 e. The highest BCUT2D eigenvalue weighted by atomic mass is 79.9. The molecule has 0 aliphatic heterocycles. The molecule has 4 rings (SSSR count). The molecule has 9 heteroatoms. The van der Waals surface area contributed by atoms with E-state index in [1.807, 2.05) is 61.9 Å². The maximum absolute atomic E-state index is 12.9. The van der Waals surface area contributed by atoms with Crippen LogP contribution in [0.3, 0.4) is 0 Å². The van der Waals surface area contributed by atoms with Gasteiger partial charge in [-0.25, -0.2) is 14.3 Å². The van der Waals surface area contributed by atoms with Crippen LogP contribution < -0.4 is 5.32 Å². The van der Waals surface area contributed by atoms with Crippen LogP contribution in [-0.4, -0.2) is 30.5 Å². The maximum atomic E-state index is 12.9. The number of amides is 1. The molecule has 0 saturated carbocycles. The molecule has 0 unspecified atom stereocenters. The van der Waals surface area contributed by atoms with Gasteiger partial charge in [-0.3, -0.25) is 4.79 Å². The third-order valence-electron chi connectivity index (χ3n) is 5.08. The smallest absolute Gasteiger partial charge is 0.228 e. The third-order valence-corrected chi connectivity index (χ3v) is 5.98. The molecule has 0 fully saturated rings. The summed E-state index contributed by atoms with van der Waals surface area (Å²) in [6.45, 7) is 5.82. The standard InChI is InChI=1S/C22H20BrClN6O/c1-13-4-6-17(9-19(13)24)30-15(3)18(14(2)28-30)10-22(31)27-20-8-16(23)5-7-21(20)29-12-25-11-26-29/h4-9,11-12H,10H2,1-3H3,(H,27,31). The zero-order valence-electron chi connectivity index (χ0n) is 17.2. The van der Waals surface area contributed by atoms with Gasteiger partial charge in [-0.2, -0.15) is 10.2 Å². The van der Waals surface area contributed by atoms with Gasteiger partial charge in [0.1, 0.15) is 12.7 Å². The lowest BCUT2D eigenvalue weighted by molar-refractivity contribution is -0.115. The van der Waals surface area contributed by atoms with Gasteiger partial charge in [-0.05, 0) is 56.7 Å². The first-order chi connectivity index (χ1) is 14.8. The van der Waals surface area contributed by atoms with Crippen LogP contribution in [0.5, 0.6) is 0 Å². The van der Waals surface area contributed by atoms with E-state index in [1.54, 1.807) is 11.0 Å². The fourth-order valence-electron chi connectivity index (χ4n) is 3.39. The normalized spacial score (nSPS) is 11.0. The first-order valence-corrected chi connectivity index (χ1v) is 10.8. The summed E-state index contributed by atoms with van der Waals surface area (Å²) in [4.78, 5) is 16.9. The highest BCUT2D eigenvalue weighted by Crippen LogP contribution is 2.26. The van der Waals surface area contributed by atoms with Crippen LogP contribution in [0.15, 0.2) is 53.5 Å². The number of nitrogens with zero attached hydrogens (tertiary/aromatic N) is 5. The molecule has 158 valence electrons. The molecule has 1 amide bonds. The molecular weight excluding hydrogens is 480 g/mol. The molecule has 7 nitrogen and oxygen atoms in total. The predicted octanol–water partition coefficient (Wildman–Crippen LogP) is 4.98. The van der Waals surface area contributed by atoms with E-state index in [2.05, 4.69) is 36.4 Å². The van der Waals surface area contributed by atoms with Crippen molar-refractivity contribution in [2.75, 3.05) is 5.32 Å². The molecule has 2 heterocycles. The molecule has 0 spiro atoms. The summed E-state index contributed by atoms with van der Waals surface area (Å²) in [6, 6.07) is 11.4. The van der Waals surface area contributed by atoms with Gasteiger partial charge in [0.25, 0.3) is 0 Å². The lowest BCUT2D eigenvalue weighted by atomic mass is 10.1. The lowest BCUT2D eigenvalue weighted by Crippen LogP contribution is -2.17. The average molecular weight is 500 g/mol. The highest BCUT2D eigenvalue weighted by Gasteiger charge is 2.18. The van der Waals surface area contributed by atoms with Crippen LogP contribution in [0.25, 0.3) is 11.4 Å². The monoisotopic (exact) mass is 498 g/mol. The van der Waals surface area contributed by atoms with Gasteiger partial charge in [-0.15, -0.1) is 0 Å². The van der Waals surface area contributed by atoms with E-state index in [4.69, 9.17) is 11.6 Å². The molecule has 4 aromatic rings. The minimum absolute atomic E-state index is 0.146. The van der Waals surface area contributed by atoms with E-state index in [1.165, 1.54) is 6.33 Å². The highest BCUT2D eigenvalue weighted by molar-refractivity contribution is 9.10. The Morgan fingerprint density at radius 1 is 1.16 bits per heavy atom. The SMILES string of the molecule is Cc1ccc(-n2nc(C)c(CC(=O)Nc3cc(Br)ccc3-n3cncn3)c2C)cc1Cl. The molecule has 1 N–H and O–H groups in total. The number of anilines is 1. The van der Waals surface area contributed by atoms with Gasteiger partial charge in [-0.1, -0.05) is 33.6 Å². The summed E-state index contributed by atoms with van der Waals surface area (Å²) in [7, 11) is 0. The number of benzene rings is 2. The lowest BCUT2D eigenvalue weighted by Gasteiger charge is -2.12. The van der Waals surface area contributed by atoms with Crippen LogP contribution in [-0.2, 0) is 11.2 Å². The molecule has 0 saturated heterocycles. The van der Waals surface area contributed by atoms with Crippen molar-refractivity contribution in [1.82, 2.24) is 24.5 Å². The Morgan fingerprint density at radius 2 is 1.97 bits per heavy atom. The van der Waals surface area contributed by atoms with Crippen LogP contribution in [0.1, 0.15) is 22.5 Å². The summed E-state index contributed by atoms with van der Waals surface area (Å²) < 4.78 is 4.28. The number of halogens is 2. The Labute approximate surface area is 193 Å². The Balaban J connectivity index is 1.60. The molecular formula is C22H20BrClN6O. The molecule has 31 heavy (non-hydrogen) atoms. The van der Waals surface area contributed by atoms with Crippen LogP contribution in [0.2, 0.25) is 5.02 Å². The summed E-state index contributed by atoms with van der Waals surface area (Å²) >= 11 is 9.75. The van der Waals surface area contributed by atoms with Crippen LogP contribution in [0.4, 0.5) is 5.69 Å². The quantitative estimate of drug-likeness (QED) is 0.420. The number of aryl methyl sites for hydroxylation is 2. The topological polar surface area (TPSA) is 77.6 Å². The second-order valence-corrected chi connectivity index (χ2v) is 8.54. The largest absolute Gasteiger partial charge is 0.324 e. The van der Waals surface area contributed by atoms with Crippen LogP contribution >= 0.6 is 27.5 Å². The van der Waals surface area contributed by atoms with Crippen molar-refractivity contribution in [1.29, 1.82) is 0 Å². The van der Waals surface area contributed by atoms with Gasteiger partial charge in [0.15, 0.2) is 0 Å². The van der Waals surface area contributed by atoms with E-state index in [-0.39, 0.29) is 12.3 Å². The van der Waals surface area contributed by atoms with Crippen molar-refractivity contribution < 1.29 is 4.79 Å². The van der Waals surface area contributed by atoms with Gasteiger partial charge in [0.05, 0.1) is 29.2 Å². The van der Waals surface area contributed by atoms with Gasteiger partial charge >= 0.3 is 0 Å². The van der Waals surface area contributed by atoms with Crippen molar-refractivity contribution in [2.24, 2.45) is 0 Å². The van der Waals surface area contributed by atoms with E-state index in [9.17, 15) is 4.79 Å². The Morgan fingerprint density at radius 3 is 2.68 bits per heavy atom. The number of rotatable bonds is 5. The number of hydrogen-bond acceptors (Lipinski definition) is 4. The Hall–Kier alpha value is -2.97. The summed E-state index contributed by atoms with van der Waals surface area (Å²) in [5.74, 6) is -0.146. The molecule has 0 atom stereocenters. The first-order valence-electron chi connectivity index (χ1n) is 9.59. The number of carbonyl (C=O) groups is 1. The summed E-state index contributed by atoms with van der Waals surface area (Å²) in [6.07, 6.45) is 3.23. The number of aromatic nitrogens is 5. The second kappa shape index (κ2) is 8.64. The van der Waals surface area contributed by atoms with Crippen molar-refractivity contribution >= 4 is 39.1 Å². The van der Waals surface area contributed by atoms with Gasteiger partial charge in [0, 0.05) is 20.8 Å². The molecule has 0 bridgehead atoms. The van der Waals surface area contributed by atoms with Gasteiger partial charge < -0.3 is 5.32 Å². The number of hydrogen-bond donors (Lipinski definition) is 1. The average Bonchev–Trinajstić information content (AvgIpc) is 3.35. The molecule has 0 aliphatic carbocycles. The minimum atomic E-state index is -0.146. The van der Waals surface area contributed by atoms with Crippen molar-refractivity contribution in [3.63, 3.8) is 0 Å². The number of carbonyl (C=O) groups excluding carboxylic acids is 1. The van der Waals surface area contributed by atoms with Crippen molar-refractivity contribution in [3.05, 3.63) is 81.1 Å². The Bertz CT molecular complexity index is 1270. The molecule has 2 aromatic carbocycles. The van der Waals surface area contributed by atoms with Crippen LogP contribution in [0, 0.1) is 20.8 Å². The first kappa shape index (κ1) is 21.3. The number of nitrogens with one attached hydrogen (secondary N) is 1. The van der Waals surface area contributed by atoms with Crippen molar-refractivity contribution in [3.8, 4) is 11.4 Å². The van der Waals surface area contributed by atoms with E-state index < -0.39 is 0 Å². The van der Waals surface area contributed by atoms with Gasteiger partial charge in [0.2, 0.25) is 5.91 Å². The minimum Gasteiger partial charge on any atom is -0.324 e. The zero-order chi connectivity index (χ0) is 22.1. The Kier molecular flexibility index (Phi) is 5.93. The van der Waals surface area contributed by atoms with E-state index in [0.29, 0.717) is 10.7 Å². The van der Waals surface area contributed by atoms with Crippen molar-refractivity contribution in [2.45, 2.75) is 27.2 Å². The zero-order valence-corrected chi connectivity index (χ0v) is 19.6.